The fourth-order valence-electron chi connectivity index (χ4n) is 1.08. The summed E-state index contributed by atoms with van der Waals surface area (Å²) in [5.74, 6) is 0.228. The summed E-state index contributed by atoms with van der Waals surface area (Å²) in [6.45, 7) is 2.31. The smallest absolute Gasteiger partial charge is 0.123 e. The fraction of sp³-hybridized carbons (Fsp3) is 0.200. The summed E-state index contributed by atoms with van der Waals surface area (Å²) in [4.78, 5) is 0. The lowest BCUT2D eigenvalue weighted by atomic mass is 10.1. The zero-order valence-corrected chi connectivity index (χ0v) is 8.17. The first-order chi connectivity index (χ1) is 6.16. The van der Waals surface area contributed by atoms with Crippen LogP contribution < -0.4 is 5.73 Å². The van der Waals surface area contributed by atoms with E-state index in [0.29, 0.717) is 11.6 Å². The Morgan fingerprint density at radius 1 is 1.54 bits per heavy atom. The normalized spacial score (nSPS) is 11.0. The van der Waals surface area contributed by atoms with Gasteiger partial charge in [-0.25, -0.2) is 0 Å². The van der Waals surface area contributed by atoms with E-state index in [1.54, 1.807) is 24.3 Å². The number of benzene rings is 1. The zero-order valence-electron chi connectivity index (χ0n) is 7.42. The van der Waals surface area contributed by atoms with Crippen LogP contribution >= 0.6 is 11.6 Å². The minimum Gasteiger partial charge on any atom is -0.507 e. The first-order valence-electron chi connectivity index (χ1n) is 4.01. The van der Waals surface area contributed by atoms with Gasteiger partial charge in [0.05, 0.1) is 0 Å². The van der Waals surface area contributed by atoms with Crippen molar-refractivity contribution in [3.8, 4) is 5.75 Å². The number of phenolic OH excluding ortho intramolecular Hbond substituents is 1. The second-order valence-corrected chi connectivity index (χ2v) is 3.15. The predicted octanol–water partition coefficient (Wildman–Crippen LogP) is 2.33. The highest BCUT2D eigenvalue weighted by Crippen LogP contribution is 2.27. The number of aromatic hydroxyl groups is 1. The summed E-state index contributed by atoms with van der Waals surface area (Å²) >= 11 is 5.89. The molecule has 1 aromatic carbocycles. The lowest BCUT2D eigenvalue weighted by Crippen LogP contribution is -1.92. The summed E-state index contributed by atoms with van der Waals surface area (Å²) in [6, 6.07) is 3.25. The highest BCUT2D eigenvalue weighted by molar-refractivity contribution is 6.31. The van der Waals surface area contributed by atoms with E-state index in [1.165, 1.54) is 0 Å². The van der Waals surface area contributed by atoms with E-state index in [2.05, 4.69) is 0 Å². The van der Waals surface area contributed by atoms with Crippen molar-refractivity contribution in [1.29, 1.82) is 0 Å². The minimum atomic E-state index is 0.228. The van der Waals surface area contributed by atoms with Gasteiger partial charge in [0, 0.05) is 17.1 Å². The molecule has 2 nitrogen and oxygen atoms in total. The van der Waals surface area contributed by atoms with Crippen LogP contribution in [0.4, 0.5) is 0 Å². The third kappa shape index (κ3) is 2.23. The van der Waals surface area contributed by atoms with Crippen molar-refractivity contribution in [3.63, 3.8) is 0 Å². The van der Waals surface area contributed by atoms with Crippen molar-refractivity contribution in [3.05, 3.63) is 34.4 Å². The lowest BCUT2D eigenvalue weighted by molar-refractivity contribution is 0.473. The van der Waals surface area contributed by atoms with E-state index < -0.39 is 0 Å². The van der Waals surface area contributed by atoms with Gasteiger partial charge in [-0.2, -0.15) is 0 Å². The third-order valence-electron chi connectivity index (χ3n) is 1.85. The third-order valence-corrected chi connectivity index (χ3v) is 2.26. The van der Waals surface area contributed by atoms with Crippen LogP contribution in [0.5, 0.6) is 5.75 Å². The highest BCUT2D eigenvalue weighted by atomic mass is 35.5. The molecule has 1 aromatic rings. The molecule has 0 atom stereocenters. The summed E-state index contributed by atoms with van der Waals surface area (Å²) in [6.07, 6.45) is 3.55. The van der Waals surface area contributed by atoms with Gasteiger partial charge in [0.1, 0.15) is 5.75 Å². The molecule has 1 rings (SSSR count). The number of phenols is 1. The van der Waals surface area contributed by atoms with Gasteiger partial charge in [-0.3, -0.25) is 0 Å². The van der Waals surface area contributed by atoms with Crippen LogP contribution in [0.15, 0.2) is 18.2 Å². The molecule has 0 amide bonds. The molecular weight excluding hydrogens is 186 g/mol. The van der Waals surface area contributed by atoms with E-state index in [0.717, 1.165) is 11.1 Å². The Bertz CT molecular complexity index is 334. The second kappa shape index (κ2) is 4.30. The minimum absolute atomic E-state index is 0.228. The van der Waals surface area contributed by atoms with Crippen LogP contribution in [0.1, 0.15) is 11.1 Å². The Morgan fingerprint density at radius 2 is 2.23 bits per heavy atom. The SMILES string of the molecule is Cc1c(Cl)ccc(O)c1/C=C/CN. The van der Waals surface area contributed by atoms with Gasteiger partial charge in [-0.1, -0.05) is 23.8 Å². The zero-order chi connectivity index (χ0) is 9.84. The highest BCUT2D eigenvalue weighted by Gasteiger charge is 2.04. The van der Waals surface area contributed by atoms with Gasteiger partial charge in [-0.05, 0) is 24.6 Å². The largest absolute Gasteiger partial charge is 0.507 e. The van der Waals surface area contributed by atoms with E-state index in [-0.39, 0.29) is 5.75 Å². The van der Waals surface area contributed by atoms with Crippen LogP contribution in [0.3, 0.4) is 0 Å². The molecule has 0 heterocycles. The topological polar surface area (TPSA) is 46.2 Å². The molecule has 0 aliphatic rings. The summed E-state index contributed by atoms with van der Waals surface area (Å²) < 4.78 is 0. The van der Waals surface area contributed by atoms with Crippen molar-refractivity contribution >= 4 is 17.7 Å². The molecule has 0 saturated carbocycles. The Kier molecular flexibility index (Phi) is 3.34. The molecule has 0 radical (unpaired) electrons. The maximum absolute atomic E-state index is 9.49. The van der Waals surface area contributed by atoms with E-state index in [4.69, 9.17) is 17.3 Å². The number of hydrogen-bond donors (Lipinski definition) is 2. The molecule has 13 heavy (non-hydrogen) atoms. The van der Waals surface area contributed by atoms with Crippen LogP contribution in [-0.2, 0) is 0 Å². The van der Waals surface area contributed by atoms with Crippen LogP contribution in [0.2, 0.25) is 5.02 Å². The molecule has 0 saturated heterocycles. The summed E-state index contributed by atoms with van der Waals surface area (Å²) in [5.41, 5.74) is 6.91. The van der Waals surface area contributed by atoms with Crippen LogP contribution in [0, 0.1) is 6.92 Å². The van der Waals surface area contributed by atoms with Crippen molar-refractivity contribution in [2.75, 3.05) is 6.54 Å². The number of rotatable bonds is 2. The maximum atomic E-state index is 9.49. The molecule has 0 fully saturated rings. The van der Waals surface area contributed by atoms with Crippen molar-refractivity contribution in [1.82, 2.24) is 0 Å². The molecule has 0 bridgehead atoms. The Hall–Kier alpha value is -0.990. The number of nitrogens with two attached hydrogens (primary N) is 1. The van der Waals surface area contributed by atoms with E-state index >= 15 is 0 Å². The van der Waals surface area contributed by atoms with Crippen LogP contribution in [-0.4, -0.2) is 11.7 Å². The van der Waals surface area contributed by atoms with Gasteiger partial charge >= 0.3 is 0 Å². The second-order valence-electron chi connectivity index (χ2n) is 2.74. The fourth-order valence-corrected chi connectivity index (χ4v) is 1.25. The summed E-state index contributed by atoms with van der Waals surface area (Å²) in [5, 5.41) is 10.1. The predicted molar refractivity (Wildman–Crippen MR) is 55.9 cm³/mol. The number of hydrogen-bond acceptors (Lipinski definition) is 2. The molecule has 0 spiro atoms. The van der Waals surface area contributed by atoms with Gasteiger partial charge in [-0.15, -0.1) is 0 Å². The van der Waals surface area contributed by atoms with Crippen LogP contribution in [0.25, 0.3) is 6.08 Å². The average molecular weight is 198 g/mol. The molecule has 0 unspecified atom stereocenters. The van der Waals surface area contributed by atoms with E-state index in [1.807, 2.05) is 6.92 Å². The van der Waals surface area contributed by atoms with Crippen molar-refractivity contribution < 1.29 is 5.11 Å². The molecular formula is C10H12ClNO. The van der Waals surface area contributed by atoms with Gasteiger partial charge < -0.3 is 10.8 Å². The van der Waals surface area contributed by atoms with Gasteiger partial charge in [0.25, 0.3) is 0 Å². The monoisotopic (exact) mass is 197 g/mol. The molecule has 0 aliphatic carbocycles. The quantitative estimate of drug-likeness (QED) is 0.765. The molecule has 0 aliphatic heterocycles. The summed E-state index contributed by atoms with van der Waals surface area (Å²) in [7, 11) is 0. The Balaban J connectivity index is 3.17. The standard InChI is InChI=1S/C10H12ClNO/c1-7-8(3-2-6-12)10(13)5-4-9(7)11/h2-5,13H,6,12H2,1H3/b3-2+. The Labute approximate surface area is 82.6 Å². The van der Waals surface area contributed by atoms with Gasteiger partial charge in [0.2, 0.25) is 0 Å². The van der Waals surface area contributed by atoms with Crippen molar-refractivity contribution in [2.24, 2.45) is 5.73 Å². The average Bonchev–Trinajstić information content (AvgIpc) is 2.12. The molecule has 70 valence electrons. The van der Waals surface area contributed by atoms with Crippen molar-refractivity contribution in [2.45, 2.75) is 6.92 Å². The first-order valence-corrected chi connectivity index (χ1v) is 4.39. The number of halogens is 1. The first kappa shape index (κ1) is 10.1. The Morgan fingerprint density at radius 3 is 2.85 bits per heavy atom. The van der Waals surface area contributed by atoms with Gasteiger partial charge in [0.15, 0.2) is 0 Å². The lowest BCUT2D eigenvalue weighted by Gasteiger charge is -2.05. The maximum Gasteiger partial charge on any atom is 0.123 e. The molecule has 3 N–H and O–H groups in total. The molecule has 0 aromatic heterocycles. The van der Waals surface area contributed by atoms with E-state index in [9.17, 15) is 5.11 Å². The molecule has 3 heteroatoms.